The molecule has 0 saturated carbocycles. The molecule has 133 heavy (non-hydrogen) atoms. The van der Waals surface area contributed by atoms with Crippen LogP contribution in [0.15, 0.2) is 152 Å². The number of aryl methyl sites for hydroxylation is 5. The fraction of sp³-hybridized carbons (Fsp3) is 0.304. The molecule has 1 aliphatic carbocycles. The van der Waals surface area contributed by atoms with E-state index in [0.29, 0.717) is 103 Å². The lowest BCUT2D eigenvalue weighted by Crippen LogP contribution is -2.43. The van der Waals surface area contributed by atoms with Gasteiger partial charge in [0.15, 0.2) is 11.6 Å². The van der Waals surface area contributed by atoms with E-state index >= 15 is 0 Å². The zero-order chi connectivity index (χ0) is 97.0. The van der Waals surface area contributed by atoms with E-state index in [2.05, 4.69) is 50.8 Å². The van der Waals surface area contributed by atoms with Crippen molar-refractivity contribution in [1.29, 1.82) is 0 Å². The molecule has 0 spiro atoms. The highest BCUT2D eigenvalue weighted by molar-refractivity contribution is 6.02. The van der Waals surface area contributed by atoms with E-state index in [-0.39, 0.29) is 48.0 Å². The molecular weight excluding hydrogens is 1790 g/mol. The second-order valence-electron chi connectivity index (χ2n) is 30.5. The van der Waals surface area contributed by atoms with Crippen molar-refractivity contribution in [3.63, 3.8) is 0 Å². The molecule has 0 saturated heterocycles. The number of nitrogens with one attached hydrogen (secondary N) is 6. The van der Waals surface area contributed by atoms with Crippen molar-refractivity contribution in [2.75, 3.05) is 37.3 Å². The number of carbonyl (C=O) groups is 6. The van der Waals surface area contributed by atoms with Crippen molar-refractivity contribution in [2.24, 2.45) is 0 Å². The van der Waals surface area contributed by atoms with Crippen molar-refractivity contribution in [2.45, 2.75) is 160 Å². The van der Waals surface area contributed by atoms with Crippen LogP contribution in [0, 0.1) is 55.7 Å². The van der Waals surface area contributed by atoms with Crippen molar-refractivity contribution in [1.82, 2.24) is 55.8 Å². The summed E-state index contributed by atoms with van der Waals surface area (Å²) in [5.41, 5.74) is 1.89. The molecule has 0 bridgehead atoms. The zero-order valence-electron chi connectivity index (χ0n) is 71.8. The number of alkyl halides is 12. The minimum Gasteiger partial charge on any atom is -0.467 e. The maximum atomic E-state index is 14.9. The number of anilines is 3. The van der Waals surface area contributed by atoms with Crippen molar-refractivity contribution < 1.29 is 122 Å². The van der Waals surface area contributed by atoms with E-state index in [1.807, 2.05) is 36.0 Å². The Morgan fingerprint density at radius 1 is 0.406 bits per heavy atom. The molecule has 23 nitrogen and oxygen atoms in total. The summed E-state index contributed by atoms with van der Waals surface area (Å²) in [5.74, 6) is -14.4. The highest BCUT2D eigenvalue weighted by Crippen LogP contribution is 2.41. The number of amides is 3. The fourth-order valence-electron chi connectivity index (χ4n) is 14.7. The van der Waals surface area contributed by atoms with Crippen molar-refractivity contribution >= 4 is 85.4 Å². The van der Waals surface area contributed by atoms with Crippen LogP contribution >= 0.6 is 0 Å². The van der Waals surface area contributed by atoms with Gasteiger partial charge in [0.1, 0.15) is 87.8 Å². The summed E-state index contributed by atoms with van der Waals surface area (Å²) in [6, 6.07) is 13.4. The third kappa shape index (κ3) is 23.6. The molecule has 6 aromatic heterocycles. The van der Waals surface area contributed by atoms with Crippen LogP contribution < -0.4 is 31.9 Å². The van der Waals surface area contributed by atoms with E-state index in [0.717, 1.165) is 69.2 Å². The number of nitrogens with zero attached hydrogens (tertiary/aromatic N) is 8. The first kappa shape index (κ1) is 99.4. The Kier molecular flexibility index (Phi) is 31.3. The molecule has 1 aliphatic rings. The Balaban J connectivity index is 0.000000192. The molecule has 13 rings (SSSR count). The van der Waals surface area contributed by atoms with Gasteiger partial charge < -0.3 is 46.1 Å². The highest BCUT2D eigenvalue weighted by atomic mass is 19.4. The summed E-state index contributed by atoms with van der Waals surface area (Å²) in [5, 5.41) is 14.4. The van der Waals surface area contributed by atoms with Gasteiger partial charge in [0, 0.05) is 118 Å². The minimum atomic E-state index is -4.73. The number of benzene rings is 6. The summed E-state index contributed by atoms with van der Waals surface area (Å²) in [6.07, 6.45) is -8.46. The number of rotatable bonds is 27. The third-order valence-corrected chi connectivity index (χ3v) is 21.6. The predicted octanol–water partition coefficient (Wildman–Crippen LogP) is 18.7. The molecule has 3 amide bonds. The van der Waals surface area contributed by atoms with Crippen molar-refractivity contribution in [3.8, 4) is 34.0 Å². The van der Waals surface area contributed by atoms with Gasteiger partial charge in [-0.25, -0.2) is 60.7 Å². The van der Waals surface area contributed by atoms with Crippen LogP contribution in [0.5, 0.6) is 0 Å². The minimum absolute atomic E-state index is 0.0407. The lowest BCUT2D eigenvalue weighted by Gasteiger charge is -2.22. The van der Waals surface area contributed by atoms with Gasteiger partial charge in [-0.2, -0.15) is 52.7 Å². The average Bonchev–Trinajstić information content (AvgIpc) is 1.21. The molecule has 12 aromatic rings. The Morgan fingerprint density at radius 2 is 0.744 bits per heavy atom. The van der Waals surface area contributed by atoms with Crippen LogP contribution in [0.2, 0.25) is 0 Å². The Morgan fingerprint density at radius 3 is 1.08 bits per heavy atom. The molecule has 700 valence electrons. The first-order valence-corrected chi connectivity index (χ1v) is 40.8. The number of carbonyl (C=O) groups excluding carboxylic acids is 6. The number of methoxy groups -OCH3 is 3. The Bertz CT molecular complexity index is 6310. The highest BCUT2D eigenvalue weighted by Gasteiger charge is 2.43. The fourth-order valence-corrected chi connectivity index (χ4v) is 14.7. The summed E-state index contributed by atoms with van der Waals surface area (Å²) < 4.78 is 264. The predicted molar refractivity (Wildman–Crippen MR) is 453 cm³/mol. The van der Waals surface area contributed by atoms with E-state index in [9.17, 15) is 108 Å². The second-order valence-corrected chi connectivity index (χ2v) is 30.5. The molecule has 6 heterocycles. The van der Waals surface area contributed by atoms with E-state index in [1.54, 1.807) is 67.1 Å². The Labute approximate surface area is 746 Å². The average molecular weight is 1870 g/mol. The van der Waals surface area contributed by atoms with Crippen LogP contribution in [-0.2, 0) is 66.9 Å². The standard InChI is InChI=1S/C31H26F8N4O3.C31H28F5N5O3.C30H28F5N5O3/c1-4-24(31(37,38)39)42-17-12-21(32)25(22(33)13-17)28(44)43-23(29(45)46-3)11-16-7-8-19(26-18(16)6-5-9-40-26)27-20(30(34,35)36)10-15(2)14-41-27;1-3-25(31(34,35)36)39-18-13-21(32)26(22(33)14-18)29(42)41-24(30(43)44-2)12-16-9-10-20(27-19(16)7-5-11-37-27)28-38-15-17-6-4-8-23(17)40-28;1-5-24(30(33,34)35)39-18-12-21(31)25(22(32)13-18)28(41)40-23(29(42)43-4)11-17-8-9-20(26-19(17)7-6-10-36-26)27-37-14-15(2)16(3)38-27/h5-10,12-14,23-24,42H,4,11H2,1-3H3,(H,43,44);5,7,9-11,13-15,24-25,39H,3-4,6,8,12H2,1-2H3,(H,41,42);6-10,12-14,23-24,39H,5,11H2,1-4H3,(H,40,41)/t23-,24+;24-,25+;23-,24+/m000/s1. The molecule has 6 atom stereocenters. The van der Waals surface area contributed by atoms with Crippen LogP contribution in [0.1, 0.15) is 128 Å². The summed E-state index contributed by atoms with van der Waals surface area (Å²) >= 11 is 0. The number of hydrogen-bond acceptors (Lipinski definition) is 20. The smallest absolute Gasteiger partial charge is 0.418 e. The SMILES string of the molecule is CC[C@@H](Nc1cc(F)c(C(=O)N[C@@H](Cc2ccc(-c3ncc(C)c(C)n3)c3ncccc23)C(=O)OC)c(F)c1)C(F)(F)F.CC[C@@H](Nc1cc(F)c(C(=O)N[C@@H](Cc2ccc(-c3ncc(C)cc3C(F)(F)F)c3ncccc23)C(=O)OC)c(F)c1)C(F)(F)F.CC[C@@H](Nc1cc(F)c(C(=O)N[C@@H](Cc2ccc(-c3ncc4c(n3)CCC4)c3ncccc23)C(=O)OC)c(F)c1)C(F)(F)F. The van der Waals surface area contributed by atoms with Gasteiger partial charge in [-0.3, -0.25) is 34.3 Å². The molecule has 0 radical (unpaired) electrons. The lowest BCUT2D eigenvalue weighted by molar-refractivity contribution is -0.143. The first-order valence-electron chi connectivity index (χ1n) is 40.8. The molecule has 0 unspecified atom stereocenters. The number of esters is 3. The van der Waals surface area contributed by atoms with Crippen LogP contribution in [0.3, 0.4) is 0 Å². The second kappa shape index (κ2) is 41.9. The maximum Gasteiger partial charge on any atom is 0.418 e. The number of fused-ring (bicyclic) bond motifs is 4. The zero-order valence-corrected chi connectivity index (χ0v) is 71.8. The van der Waals surface area contributed by atoms with Crippen LogP contribution in [-0.4, -0.2) is 152 Å². The molecule has 6 N–H and O–H groups in total. The number of pyridine rings is 4. The van der Waals surface area contributed by atoms with Gasteiger partial charge in [0.05, 0.1) is 49.1 Å². The van der Waals surface area contributed by atoms with Gasteiger partial charge in [0.2, 0.25) is 0 Å². The number of hydrogen-bond donors (Lipinski definition) is 6. The van der Waals surface area contributed by atoms with Gasteiger partial charge >= 0.3 is 42.6 Å². The molecular formula is C92H82F18N14O9. The summed E-state index contributed by atoms with van der Waals surface area (Å²) in [4.78, 5) is 112. The van der Waals surface area contributed by atoms with Gasteiger partial charge in [-0.1, -0.05) is 63.2 Å². The first-order chi connectivity index (χ1) is 62.9. The van der Waals surface area contributed by atoms with Gasteiger partial charge in [0.25, 0.3) is 17.7 Å². The quantitative estimate of drug-likeness (QED) is 0.0158. The molecule has 0 fully saturated rings. The normalized spacial score (nSPS) is 13.5. The summed E-state index contributed by atoms with van der Waals surface area (Å²) in [6.45, 7) is 8.95. The third-order valence-electron chi connectivity index (χ3n) is 21.6. The van der Waals surface area contributed by atoms with Crippen LogP contribution in [0.25, 0.3) is 66.7 Å². The lowest BCUT2D eigenvalue weighted by atomic mass is 9.95. The maximum absolute atomic E-state index is 14.9. The van der Waals surface area contributed by atoms with E-state index in [1.165, 1.54) is 64.4 Å². The molecule has 0 aliphatic heterocycles. The van der Waals surface area contributed by atoms with E-state index < -0.39 is 184 Å². The molecule has 6 aromatic carbocycles. The number of halogens is 18. The van der Waals surface area contributed by atoms with E-state index in [4.69, 9.17) is 19.2 Å². The summed E-state index contributed by atoms with van der Waals surface area (Å²) in [7, 11) is 3.19. The number of aromatic nitrogens is 8. The van der Waals surface area contributed by atoms with Crippen LogP contribution in [0.4, 0.5) is 96.1 Å². The Hall–Kier alpha value is -14.2. The van der Waals surface area contributed by atoms with Gasteiger partial charge in [-0.15, -0.1) is 0 Å². The monoisotopic (exact) mass is 1870 g/mol. The van der Waals surface area contributed by atoms with Gasteiger partial charge in [-0.05, 0) is 165 Å². The van der Waals surface area contributed by atoms with Crippen molar-refractivity contribution in [3.05, 3.63) is 254 Å². The topological polar surface area (TPSA) is 305 Å². The largest absolute Gasteiger partial charge is 0.467 e. The number of ether oxygens (including phenoxy) is 3. The molecule has 41 heteroatoms.